The maximum Gasteiger partial charge on any atom is 0.139 e. The fraction of sp³-hybridized carbons (Fsp3) is 0.0526. The highest BCUT2D eigenvalue weighted by atomic mass is 35.5. The number of rotatable bonds is 3. The van der Waals surface area contributed by atoms with Crippen LogP contribution in [0.15, 0.2) is 65.7 Å². The van der Waals surface area contributed by atoms with Gasteiger partial charge in [-0.3, -0.25) is 5.41 Å². The molecule has 25 heavy (non-hydrogen) atoms. The molecule has 0 fully saturated rings. The van der Waals surface area contributed by atoms with E-state index in [9.17, 15) is 5.11 Å². The quantitative estimate of drug-likeness (QED) is 0.666. The largest absolute Gasteiger partial charge is 0.510 e. The van der Waals surface area contributed by atoms with E-state index in [0.29, 0.717) is 15.6 Å². The van der Waals surface area contributed by atoms with Crippen molar-refractivity contribution in [1.29, 1.82) is 5.41 Å². The van der Waals surface area contributed by atoms with Crippen LogP contribution in [0.3, 0.4) is 0 Å². The molecule has 1 aliphatic rings. The van der Waals surface area contributed by atoms with Crippen LogP contribution in [-0.2, 0) is 0 Å². The van der Waals surface area contributed by atoms with Gasteiger partial charge in [0, 0.05) is 21.7 Å². The number of aliphatic hydroxyl groups excluding tert-OH is 1. The van der Waals surface area contributed by atoms with Crippen LogP contribution in [0, 0.1) is 5.41 Å². The Morgan fingerprint density at radius 2 is 1.92 bits per heavy atom. The van der Waals surface area contributed by atoms with Crippen LogP contribution in [0.5, 0.6) is 0 Å². The van der Waals surface area contributed by atoms with Crippen LogP contribution in [-0.4, -0.2) is 22.5 Å². The van der Waals surface area contributed by atoms with E-state index < -0.39 is 0 Å². The van der Waals surface area contributed by atoms with Gasteiger partial charge in [-0.25, -0.2) is 4.98 Å². The maximum absolute atomic E-state index is 10.4. The molecule has 124 valence electrons. The van der Waals surface area contributed by atoms with Crippen LogP contribution in [0.2, 0.25) is 5.02 Å². The molecule has 1 aromatic heterocycles. The summed E-state index contributed by atoms with van der Waals surface area (Å²) in [6, 6.07) is 17.1. The molecule has 0 unspecified atom stereocenters. The Labute approximate surface area is 154 Å². The Morgan fingerprint density at radius 1 is 1.12 bits per heavy atom. The van der Waals surface area contributed by atoms with Gasteiger partial charge < -0.3 is 10.0 Å². The first-order valence-electron chi connectivity index (χ1n) is 7.69. The van der Waals surface area contributed by atoms with Gasteiger partial charge in [-0.1, -0.05) is 48.0 Å². The zero-order valence-corrected chi connectivity index (χ0v) is 14.7. The summed E-state index contributed by atoms with van der Waals surface area (Å²) < 4.78 is 0. The van der Waals surface area contributed by atoms with Crippen molar-refractivity contribution in [2.45, 2.75) is 0 Å². The number of thiazole rings is 1. The lowest BCUT2D eigenvalue weighted by molar-refractivity contribution is 0.411. The minimum Gasteiger partial charge on any atom is -0.510 e. The summed E-state index contributed by atoms with van der Waals surface area (Å²) in [4.78, 5) is 6.34. The van der Waals surface area contributed by atoms with Crippen molar-refractivity contribution in [2.24, 2.45) is 0 Å². The Morgan fingerprint density at radius 3 is 2.68 bits per heavy atom. The van der Waals surface area contributed by atoms with Crippen molar-refractivity contribution in [1.82, 2.24) is 4.98 Å². The van der Waals surface area contributed by atoms with Gasteiger partial charge in [0.15, 0.2) is 0 Å². The lowest BCUT2D eigenvalue weighted by atomic mass is 10.2. The van der Waals surface area contributed by atoms with Crippen LogP contribution >= 0.6 is 22.9 Å². The SMILES string of the molecule is N=C1C(c2nc(-c3ccccc3)cs2)=C(O)CN1c1cccc(Cl)c1. The number of hydrogen-bond donors (Lipinski definition) is 2. The molecule has 2 N–H and O–H groups in total. The zero-order valence-electron chi connectivity index (χ0n) is 13.1. The van der Waals surface area contributed by atoms with Gasteiger partial charge in [0.2, 0.25) is 0 Å². The first-order chi connectivity index (χ1) is 12.1. The van der Waals surface area contributed by atoms with E-state index in [1.165, 1.54) is 11.3 Å². The molecule has 4 nitrogen and oxygen atoms in total. The first kappa shape index (κ1) is 15.9. The molecule has 1 aliphatic heterocycles. The summed E-state index contributed by atoms with van der Waals surface area (Å²) >= 11 is 7.48. The fourth-order valence-electron chi connectivity index (χ4n) is 2.80. The highest BCUT2D eigenvalue weighted by Crippen LogP contribution is 2.34. The van der Waals surface area contributed by atoms with Crippen molar-refractivity contribution in [3.8, 4) is 11.3 Å². The predicted molar refractivity (Wildman–Crippen MR) is 104 cm³/mol. The third kappa shape index (κ3) is 2.92. The molecule has 0 saturated carbocycles. The molecule has 6 heteroatoms. The molecule has 0 bridgehead atoms. The highest BCUT2D eigenvalue weighted by molar-refractivity contribution is 7.11. The lowest BCUT2D eigenvalue weighted by Crippen LogP contribution is -2.25. The molecular formula is C19H14ClN3OS. The summed E-state index contributed by atoms with van der Waals surface area (Å²) in [5, 5.41) is 22.1. The average molecular weight is 368 g/mol. The normalized spacial score (nSPS) is 14.4. The molecule has 3 aromatic rings. The molecule has 0 aliphatic carbocycles. The number of amidine groups is 1. The van der Waals surface area contributed by atoms with Crippen molar-refractivity contribution >= 4 is 40.0 Å². The molecule has 0 saturated heterocycles. The van der Waals surface area contributed by atoms with E-state index in [-0.39, 0.29) is 18.1 Å². The third-order valence-corrected chi connectivity index (χ3v) is 5.11. The Bertz CT molecular complexity index is 981. The van der Waals surface area contributed by atoms with E-state index in [1.807, 2.05) is 47.8 Å². The van der Waals surface area contributed by atoms with Crippen LogP contribution in [0.4, 0.5) is 5.69 Å². The van der Waals surface area contributed by atoms with Gasteiger partial charge in [-0.15, -0.1) is 11.3 Å². The second kappa shape index (κ2) is 6.35. The number of halogens is 1. The molecule has 0 amide bonds. The number of nitrogens with zero attached hydrogens (tertiary/aromatic N) is 2. The molecule has 0 atom stereocenters. The molecule has 2 heterocycles. The summed E-state index contributed by atoms with van der Waals surface area (Å²) in [6.07, 6.45) is 0. The van der Waals surface area contributed by atoms with Crippen molar-refractivity contribution in [3.05, 3.63) is 75.8 Å². The van der Waals surface area contributed by atoms with E-state index in [2.05, 4.69) is 4.98 Å². The predicted octanol–water partition coefficient (Wildman–Crippen LogP) is 5.23. The van der Waals surface area contributed by atoms with Crippen LogP contribution in [0.1, 0.15) is 5.01 Å². The summed E-state index contributed by atoms with van der Waals surface area (Å²) in [5.41, 5.74) is 3.11. The van der Waals surface area contributed by atoms with E-state index >= 15 is 0 Å². The Hall–Kier alpha value is -2.63. The van der Waals surface area contributed by atoms with Gasteiger partial charge in [-0.05, 0) is 18.2 Å². The number of nitrogens with one attached hydrogen (secondary N) is 1. The lowest BCUT2D eigenvalue weighted by Gasteiger charge is -2.18. The van der Waals surface area contributed by atoms with E-state index in [1.54, 1.807) is 17.0 Å². The second-order valence-corrected chi connectivity index (χ2v) is 6.93. The van der Waals surface area contributed by atoms with Crippen molar-refractivity contribution in [2.75, 3.05) is 11.4 Å². The van der Waals surface area contributed by atoms with E-state index in [0.717, 1.165) is 16.9 Å². The topological polar surface area (TPSA) is 60.2 Å². The number of anilines is 1. The third-order valence-electron chi connectivity index (χ3n) is 4.01. The molecule has 2 aromatic carbocycles. The summed E-state index contributed by atoms with van der Waals surface area (Å²) in [6.45, 7) is 0.245. The maximum atomic E-state index is 10.4. The van der Waals surface area contributed by atoms with Crippen molar-refractivity contribution < 1.29 is 5.11 Å². The number of aliphatic hydroxyl groups is 1. The second-order valence-electron chi connectivity index (χ2n) is 5.64. The monoisotopic (exact) mass is 367 g/mol. The molecule has 4 rings (SSSR count). The number of benzene rings is 2. The van der Waals surface area contributed by atoms with Crippen molar-refractivity contribution in [3.63, 3.8) is 0 Å². The minimum atomic E-state index is 0.152. The van der Waals surface area contributed by atoms with Gasteiger partial charge >= 0.3 is 0 Å². The molecule has 0 radical (unpaired) electrons. The van der Waals surface area contributed by atoms with Gasteiger partial charge in [0.25, 0.3) is 0 Å². The Kier molecular flexibility index (Phi) is 4.03. The minimum absolute atomic E-state index is 0.152. The average Bonchev–Trinajstić information content (AvgIpc) is 3.20. The zero-order chi connectivity index (χ0) is 17.4. The van der Waals surface area contributed by atoms with Gasteiger partial charge in [-0.2, -0.15) is 0 Å². The number of hydrogen-bond acceptors (Lipinski definition) is 4. The molecule has 0 spiro atoms. The Balaban J connectivity index is 1.66. The van der Waals surface area contributed by atoms with Crippen LogP contribution in [0.25, 0.3) is 16.8 Å². The summed E-state index contributed by atoms with van der Waals surface area (Å²) in [5.74, 6) is 0.382. The van der Waals surface area contributed by atoms with Crippen LogP contribution < -0.4 is 4.90 Å². The first-order valence-corrected chi connectivity index (χ1v) is 8.94. The standard InChI is InChI=1S/C19H14ClN3OS/c20-13-7-4-8-14(9-13)23-10-16(24)17(18(23)21)19-22-15(11-25-19)12-5-2-1-3-6-12/h1-9,11,21,24H,10H2. The fourth-order valence-corrected chi connectivity index (χ4v) is 3.88. The molecular weight excluding hydrogens is 354 g/mol. The van der Waals surface area contributed by atoms with Gasteiger partial charge in [0.1, 0.15) is 16.6 Å². The van der Waals surface area contributed by atoms with Gasteiger partial charge in [0.05, 0.1) is 17.8 Å². The summed E-state index contributed by atoms with van der Waals surface area (Å²) in [7, 11) is 0. The van der Waals surface area contributed by atoms with E-state index in [4.69, 9.17) is 17.0 Å². The highest BCUT2D eigenvalue weighted by Gasteiger charge is 2.31. The smallest absolute Gasteiger partial charge is 0.139 e. The number of aromatic nitrogens is 1.